The smallest absolute Gasteiger partial charge is 0.271 e. The van der Waals surface area contributed by atoms with E-state index < -0.39 is 11.8 Å². The van der Waals surface area contributed by atoms with Gasteiger partial charge in [0.2, 0.25) is 0 Å². The first-order chi connectivity index (χ1) is 16.8. The van der Waals surface area contributed by atoms with Crippen LogP contribution >= 0.6 is 0 Å². The fraction of sp³-hybridized carbons (Fsp3) is 0.321. The Bertz CT molecular complexity index is 1200. The van der Waals surface area contributed by atoms with Crippen molar-refractivity contribution in [2.45, 2.75) is 33.7 Å². The van der Waals surface area contributed by atoms with Crippen LogP contribution in [0.15, 0.2) is 59.2 Å². The number of benzene rings is 2. The lowest BCUT2D eigenvalue weighted by molar-refractivity contribution is -0.141. The molecule has 0 bridgehead atoms. The molecule has 2 aromatic rings. The molecule has 7 heteroatoms. The molecular formula is C28H30N2O5. The normalized spacial score (nSPS) is 15.0. The topological polar surface area (TPSA) is 88.9 Å². The van der Waals surface area contributed by atoms with Crippen LogP contribution in [0, 0.1) is 17.2 Å². The molecule has 182 valence electrons. The minimum absolute atomic E-state index is 0.0451. The third-order valence-electron chi connectivity index (χ3n) is 5.78. The molecule has 0 atom stereocenters. The first kappa shape index (κ1) is 25.6. The average Bonchev–Trinajstić information content (AvgIpc) is 2.85. The highest BCUT2D eigenvalue weighted by Crippen LogP contribution is 2.32. The van der Waals surface area contributed by atoms with Crippen molar-refractivity contribution in [3.05, 3.63) is 70.3 Å². The molecule has 0 aromatic heterocycles. The van der Waals surface area contributed by atoms with Crippen molar-refractivity contribution in [3.8, 4) is 23.3 Å². The Kier molecular flexibility index (Phi) is 8.32. The Balaban J connectivity index is 1.93. The lowest BCUT2D eigenvalue weighted by Gasteiger charge is -2.27. The van der Waals surface area contributed by atoms with Gasteiger partial charge in [-0.1, -0.05) is 32.0 Å². The second-order valence-electron chi connectivity index (χ2n) is 8.66. The van der Waals surface area contributed by atoms with Gasteiger partial charge in [0.25, 0.3) is 11.8 Å². The van der Waals surface area contributed by atoms with Crippen molar-refractivity contribution in [1.82, 2.24) is 4.90 Å². The van der Waals surface area contributed by atoms with E-state index in [0.29, 0.717) is 40.9 Å². The van der Waals surface area contributed by atoms with Crippen LogP contribution in [0.3, 0.4) is 0 Å². The minimum atomic E-state index is -0.602. The van der Waals surface area contributed by atoms with Gasteiger partial charge in [-0.3, -0.25) is 14.5 Å². The van der Waals surface area contributed by atoms with Crippen LogP contribution in [0.25, 0.3) is 6.08 Å². The van der Waals surface area contributed by atoms with Gasteiger partial charge in [-0.15, -0.1) is 0 Å². The fourth-order valence-corrected chi connectivity index (χ4v) is 3.65. The largest absolute Gasteiger partial charge is 0.497 e. The summed E-state index contributed by atoms with van der Waals surface area (Å²) in [5.74, 6) is 1.29. The zero-order valence-electron chi connectivity index (χ0n) is 20.8. The van der Waals surface area contributed by atoms with Gasteiger partial charge < -0.3 is 14.2 Å². The summed E-state index contributed by atoms with van der Waals surface area (Å²) in [7, 11) is 3.12. The van der Waals surface area contributed by atoms with Gasteiger partial charge >= 0.3 is 0 Å². The lowest BCUT2D eigenvalue weighted by Crippen LogP contribution is -2.42. The molecule has 0 spiro atoms. The van der Waals surface area contributed by atoms with Crippen LogP contribution in [-0.2, 0) is 16.1 Å². The molecule has 1 aliphatic rings. The van der Waals surface area contributed by atoms with Crippen LogP contribution in [0.2, 0.25) is 0 Å². The highest BCUT2D eigenvalue weighted by atomic mass is 16.5. The lowest BCUT2D eigenvalue weighted by atomic mass is 9.93. The van der Waals surface area contributed by atoms with Crippen molar-refractivity contribution in [2.24, 2.45) is 5.92 Å². The summed E-state index contributed by atoms with van der Waals surface area (Å²) in [6.45, 7) is 6.49. The fourth-order valence-electron chi connectivity index (χ4n) is 3.65. The number of ether oxygens (including phenoxy) is 3. The van der Waals surface area contributed by atoms with Crippen LogP contribution in [0.4, 0.5) is 0 Å². The maximum atomic E-state index is 13.4. The molecule has 0 fully saturated rings. The molecule has 35 heavy (non-hydrogen) atoms. The maximum Gasteiger partial charge on any atom is 0.271 e. The number of hydrogen-bond donors (Lipinski definition) is 0. The second kappa shape index (κ2) is 11.4. The first-order valence-corrected chi connectivity index (χ1v) is 11.4. The Morgan fingerprint density at radius 3 is 2.31 bits per heavy atom. The molecule has 2 amide bonds. The van der Waals surface area contributed by atoms with Gasteiger partial charge in [0, 0.05) is 5.57 Å². The number of hydrogen-bond acceptors (Lipinski definition) is 6. The van der Waals surface area contributed by atoms with Crippen molar-refractivity contribution >= 4 is 17.9 Å². The van der Waals surface area contributed by atoms with Gasteiger partial charge in [0.05, 0.1) is 27.4 Å². The SMILES string of the molecule is COc1ccc(CN2C(=O)C(C#N)=C(C)/C(=C\c3ccc(OCCC(C)C)c(OC)c3)C2=O)cc1. The van der Waals surface area contributed by atoms with Gasteiger partial charge in [0.1, 0.15) is 17.4 Å². The molecule has 7 nitrogen and oxygen atoms in total. The number of methoxy groups -OCH3 is 2. The Labute approximate surface area is 206 Å². The van der Waals surface area contributed by atoms with E-state index in [1.165, 1.54) is 0 Å². The third-order valence-corrected chi connectivity index (χ3v) is 5.78. The van der Waals surface area contributed by atoms with Gasteiger partial charge in [-0.05, 0) is 66.3 Å². The van der Waals surface area contributed by atoms with Gasteiger partial charge in [0.15, 0.2) is 11.5 Å². The summed E-state index contributed by atoms with van der Waals surface area (Å²) >= 11 is 0. The summed E-state index contributed by atoms with van der Waals surface area (Å²) in [4.78, 5) is 27.4. The molecule has 0 aliphatic carbocycles. The number of rotatable bonds is 9. The highest BCUT2D eigenvalue weighted by Gasteiger charge is 2.35. The number of carbonyl (C=O) groups is 2. The molecule has 1 aliphatic heterocycles. The van der Waals surface area contributed by atoms with E-state index in [1.807, 2.05) is 12.1 Å². The van der Waals surface area contributed by atoms with Crippen LogP contribution in [0.1, 0.15) is 38.3 Å². The second-order valence-corrected chi connectivity index (χ2v) is 8.66. The predicted molar refractivity (Wildman–Crippen MR) is 133 cm³/mol. The Hall–Kier alpha value is -4.05. The zero-order chi connectivity index (χ0) is 25.5. The Morgan fingerprint density at radius 2 is 1.71 bits per heavy atom. The monoisotopic (exact) mass is 474 g/mol. The van der Waals surface area contributed by atoms with E-state index >= 15 is 0 Å². The van der Waals surface area contributed by atoms with E-state index in [1.54, 1.807) is 63.6 Å². The summed E-state index contributed by atoms with van der Waals surface area (Å²) in [5.41, 5.74) is 2.02. The summed E-state index contributed by atoms with van der Waals surface area (Å²) in [6, 6.07) is 14.4. The van der Waals surface area contributed by atoms with Crippen molar-refractivity contribution in [2.75, 3.05) is 20.8 Å². The maximum absolute atomic E-state index is 13.4. The molecule has 0 unspecified atom stereocenters. The van der Waals surface area contributed by atoms with E-state index in [4.69, 9.17) is 14.2 Å². The summed E-state index contributed by atoms with van der Waals surface area (Å²) in [5, 5.41) is 9.65. The molecule has 0 saturated carbocycles. The zero-order valence-corrected chi connectivity index (χ0v) is 20.8. The summed E-state index contributed by atoms with van der Waals surface area (Å²) < 4.78 is 16.5. The number of nitrogens with zero attached hydrogens (tertiary/aromatic N) is 2. The molecule has 2 aromatic carbocycles. The number of nitriles is 1. The molecule has 3 rings (SSSR count). The molecule has 0 N–H and O–H groups in total. The number of imide groups is 1. The van der Waals surface area contributed by atoms with Crippen LogP contribution in [0.5, 0.6) is 17.2 Å². The first-order valence-electron chi connectivity index (χ1n) is 11.4. The quantitative estimate of drug-likeness (QED) is 0.379. The average molecular weight is 475 g/mol. The molecule has 0 saturated heterocycles. The molecule has 0 radical (unpaired) electrons. The third kappa shape index (κ3) is 5.90. The number of carbonyl (C=O) groups excluding carboxylic acids is 2. The highest BCUT2D eigenvalue weighted by molar-refractivity contribution is 6.19. The molecule has 1 heterocycles. The van der Waals surface area contributed by atoms with E-state index in [9.17, 15) is 14.9 Å². The Morgan fingerprint density at radius 1 is 1.00 bits per heavy atom. The minimum Gasteiger partial charge on any atom is -0.497 e. The van der Waals surface area contributed by atoms with Crippen molar-refractivity contribution in [1.29, 1.82) is 5.26 Å². The predicted octanol–water partition coefficient (Wildman–Crippen LogP) is 4.92. The molecular weight excluding hydrogens is 444 g/mol. The van der Waals surface area contributed by atoms with Gasteiger partial charge in [-0.2, -0.15) is 5.26 Å². The number of amides is 2. The summed E-state index contributed by atoms with van der Waals surface area (Å²) in [6.07, 6.45) is 2.59. The van der Waals surface area contributed by atoms with Crippen molar-refractivity contribution in [3.63, 3.8) is 0 Å². The van der Waals surface area contributed by atoms with E-state index in [-0.39, 0.29) is 17.7 Å². The van der Waals surface area contributed by atoms with E-state index in [0.717, 1.165) is 16.9 Å². The van der Waals surface area contributed by atoms with E-state index in [2.05, 4.69) is 13.8 Å². The van der Waals surface area contributed by atoms with Gasteiger partial charge in [-0.25, -0.2) is 0 Å². The standard InChI is InChI=1S/C28H30N2O5/c1-18(2)12-13-35-25-11-8-21(15-26(25)34-5)14-23-19(3)24(16-29)28(32)30(27(23)31)17-20-6-9-22(33-4)10-7-20/h6-11,14-15,18H,12-13,17H2,1-5H3/b23-14+. The van der Waals surface area contributed by atoms with Crippen molar-refractivity contribution < 1.29 is 23.8 Å². The van der Waals surface area contributed by atoms with Crippen LogP contribution < -0.4 is 14.2 Å². The van der Waals surface area contributed by atoms with Crippen LogP contribution in [-0.4, -0.2) is 37.5 Å².